The van der Waals surface area contributed by atoms with Crippen LogP contribution in [0.3, 0.4) is 0 Å². The summed E-state index contributed by atoms with van der Waals surface area (Å²) in [6.45, 7) is 11.7. The number of benzene rings is 2. The summed E-state index contributed by atoms with van der Waals surface area (Å²) in [5, 5.41) is 8.04. The maximum atomic E-state index is 14.0. The molecule has 1 aromatic heterocycles. The summed E-state index contributed by atoms with van der Waals surface area (Å²) in [5.41, 5.74) is -0.600. The topological polar surface area (TPSA) is 153 Å². The number of carbonyl (C=O) groups is 4. The van der Waals surface area contributed by atoms with Crippen molar-refractivity contribution < 1.29 is 33.4 Å². The second kappa shape index (κ2) is 16.7. The first-order chi connectivity index (χ1) is 23.6. The molecule has 13 heteroatoms. The molecule has 1 fully saturated rings. The van der Waals surface area contributed by atoms with Gasteiger partial charge in [-0.2, -0.15) is 0 Å². The van der Waals surface area contributed by atoms with Crippen molar-refractivity contribution in [1.29, 1.82) is 0 Å². The number of hydrogen-bond donors (Lipinski definition) is 3. The number of methoxy groups -OCH3 is 1. The van der Waals surface area contributed by atoms with Gasteiger partial charge in [0.2, 0.25) is 11.8 Å². The van der Waals surface area contributed by atoms with E-state index in [1.165, 1.54) is 20.2 Å². The van der Waals surface area contributed by atoms with Gasteiger partial charge in [-0.15, -0.1) is 0 Å². The van der Waals surface area contributed by atoms with Crippen LogP contribution in [0.1, 0.15) is 71.6 Å². The van der Waals surface area contributed by atoms with Gasteiger partial charge in [-0.1, -0.05) is 49.4 Å². The number of anilines is 1. The molecule has 0 bridgehead atoms. The zero-order valence-electron chi connectivity index (χ0n) is 30.0. The van der Waals surface area contributed by atoms with Crippen LogP contribution < -0.4 is 20.7 Å². The molecule has 1 aliphatic heterocycles. The number of amides is 4. The summed E-state index contributed by atoms with van der Waals surface area (Å²) in [7, 11) is 1.57. The molecule has 0 saturated carbocycles. The maximum Gasteiger partial charge on any atom is 0.408 e. The fraction of sp³-hybridized carbons (Fsp3) is 0.486. The van der Waals surface area contributed by atoms with E-state index >= 15 is 0 Å². The van der Waals surface area contributed by atoms with E-state index < -0.39 is 41.1 Å². The van der Waals surface area contributed by atoms with Crippen LogP contribution in [0.4, 0.5) is 10.6 Å². The maximum absolute atomic E-state index is 14.0. The first-order valence-corrected chi connectivity index (χ1v) is 16.9. The molecule has 50 heavy (non-hydrogen) atoms. The Morgan fingerprint density at radius 2 is 1.68 bits per heavy atom. The molecule has 2 aromatic carbocycles. The molecule has 0 aliphatic carbocycles. The van der Waals surface area contributed by atoms with E-state index in [2.05, 4.69) is 27.9 Å². The van der Waals surface area contributed by atoms with Gasteiger partial charge in [0.05, 0.1) is 26.7 Å². The van der Waals surface area contributed by atoms with Gasteiger partial charge in [0.1, 0.15) is 29.0 Å². The molecule has 0 radical (unpaired) electrons. The molecule has 1 saturated heterocycles. The Morgan fingerprint density at radius 1 is 0.980 bits per heavy atom. The number of nitrogens with one attached hydrogen (secondary N) is 3. The average molecular weight is 691 g/mol. The SMILES string of the molecule is COc1cccc(C(C(=O)N2CCC(C)CC2)n2cnc(NC(=O)C(COCc3ccccc3)NC(=O)C(C)(C)NC(=O)OC(C)(C)C)c2)c1. The fourth-order valence-electron chi connectivity index (χ4n) is 5.42. The van der Waals surface area contributed by atoms with Gasteiger partial charge in [0.25, 0.3) is 5.91 Å². The van der Waals surface area contributed by atoms with Crippen LogP contribution in [-0.4, -0.2) is 82.3 Å². The molecule has 2 heterocycles. The smallest absolute Gasteiger partial charge is 0.408 e. The Morgan fingerprint density at radius 3 is 2.34 bits per heavy atom. The summed E-state index contributed by atoms with van der Waals surface area (Å²) in [5.74, 6) is 0.0273. The first kappa shape index (κ1) is 37.9. The lowest BCUT2D eigenvalue weighted by Crippen LogP contribution is -2.59. The third-order valence-corrected chi connectivity index (χ3v) is 8.29. The molecule has 4 amide bonds. The summed E-state index contributed by atoms with van der Waals surface area (Å²) in [6.07, 6.45) is 4.15. The van der Waals surface area contributed by atoms with E-state index in [0.29, 0.717) is 30.3 Å². The largest absolute Gasteiger partial charge is 0.497 e. The van der Waals surface area contributed by atoms with Crippen molar-refractivity contribution in [1.82, 2.24) is 25.1 Å². The van der Waals surface area contributed by atoms with Crippen LogP contribution in [-0.2, 0) is 30.5 Å². The van der Waals surface area contributed by atoms with Gasteiger partial charge in [-0.25, -0.2) is 9.78 Å². The Hall–Kier alpha value is -4.91. The van der Waals surface area contributed by atoms with E-state index in [1.54, 1.807) is 38.6 Å². The van der Waals surface area contributed by atoms with Gasteiger partial charge >= 0.3 is 6.09 Å². The second-order valence-electron chi connectivity index (χ2n) is 14.2. The normalized spacial score (nSPS) is 15.1. The number of ether oxygens (including phenoxy) is 3. The number of likely N-dealkylation sites (tertiary alicyclic amines) is 1. The molecule has 0 spiro atoms. The Bertz CT molecular complexity index is 1610. The average Bonchev–Trinajstić information content (AvgIpc) is 3.51. The number of carbonyl (C=O) groups excluding carboxylic acids is 4. The molecule has 2 atom stereocenters. The molecular weight excluding hydrogens is 640 g/mol. The number of rotatable bonds is 13. The molecular formula is C37H50N6O7. The number of aromatic nitrogens is 2. The van der Waals surface area contributed by atoms with Crippen LogP contribution in [0.2, 0.25) is 0 Å². The molecule has 3 N–H and O–H groups in total. The van der Waals surface area contributed by atoms with Crippen molar-refractivity contribution in [2.24, 2.45) is 5.92 Å². The predicted octanol–water partition coefficient (Wildman–Crippen LogP) is 4.68. The predicted molar refractivity (Wildman–Crippen MR) is 188 cm³/mol. The highest BCUT2D eigenvalue weighted by Crippen LogP contribution is 2.28. The van der Waals surface area contributed by atoms with Gasteiger partial charge in [0, 0.05) is 19.3 Å². The standard InChI is InChI=1S/C37H50N6O7/c1-25-16-18-42(19-17-25)33(45)31(27-14-11-15-28(20-27)48-7)43-21-30(38-24-43)40-32(44)29(23-49-22-26-12-9-8-10-13-26)39-34(46)37(5,6)41-35(47)50-36(2,3)4/h8-15,20-21,24-25,29,31H,16-19,22-23H2,1-7H3,(H,39,46)(H,40,44)(H,41,47). The second-order valence-corrected chi connectivity index (χ2v) is 14.2. The number of imidazole rings is 1. The quantitative estimate of drug-likeness (QED) is 0.234. The Labute approximate surface area is 294 Å². The number of hydrogen-bond acceptors (Lipinski definition) is 8. The van der Waals surface area contributed by atoms with Crippen molar-refractivity contribution in [2.75, 3.05) is 32.1 Å². The third-order valence-electron chi connectivity index (χ3n) is 8.29. The minimum absolute atomic E-state index is 0.0837. The first-order valence-electron chi connectivity index (χ1n) is 16.9. The van der Waals surface area contributed by atoms with Gasteiger partial charge in [0.15, 0.2) is 5.82 Å². The minimum Gasteiger partial charge on any atom is -0.497 e. The molecule has 2 unspecified atom stereocenters. The van der Waals surface area contributed by atoms with Gasteiger partial charge in [-0.05, 0) is 76.6 Å². The van der Waals surface area contributed by atoms with E-state index in [0.717, 1.165) is 18.4 Å². The van der Waals surface area contributed by atoms with Crippen LogP contribution in [0.5, 0.6) is 5.75 Å². The molecule has 3 aromatic rings. The zero-order valence-corrected chi connectivity index (χ0v) is 30.0. The Kier molecular flexibility index (Phi) is 12.6. The van der Waals surface area contributed by atoms with Crippen molar-refractivity contribution >= 4 is 29.6 Å². The van der Waals surface area contributed by atoms with Gasteiger partial charge < -0.3 is 39.6 Å². The number of alkyl carbamates (subject to hydrolysis) is 1. The highest BCUT2D eigenvalue weighted by atomic mass is 16.6. The summed E-state index contributed by atoms with van der Waals surface area (Å²) < 4.78 is 18.3. The van der Waals surface area contributed by atoms with E-state index in [1.807, 2.05) is 59.5 Å². The van der Waals surface area contributed by atoms with Crippen molar-refractivity contribution in [2.45, 2.75) is 84.2 Å². The van der Waals surface area contributed by atoms with E-state index in [-0.39, 0.29) is 24.9 Å². The summed E-state index contributed by atoms with van der Waals surface area (Å²) in [6, 6.07) is 14.8. The third kappa shape index (κ3) is 10.8. The highest BCUT2D eigenvalue weighted by molar-refractivity contribution is 5.98. The van der Waals surface area contributed by atoms with Crippen molar-refractivity contribution in [3.63, 3.8) is 0 Å². The van der Waals surface area contributed by atoms with Crippen LogP contribution in [0, 0.1) is 5.92 Å². The molecule has 4 rings (SSSR count). The number of nitrogens with zero attached hydrogens (tertiary/aromatic N) is 3. The molecule has 1 aliphatic rings. The van der Waals surface area contributed by atoms with Crippen molar-refractivity contribution in [3.8, 4) is 5.75 Å². The summed E-state index contributed by atoms with van der Waals surface area (Å²) >= 11 is 0. The lowest BCUT2D eigenvalue weighted by atomic mass is 9.97. The van der Waals surface area contributed by atoms with Crippen LogP contribution in [0.15, 0.2) is 67.1 Å². The molecule has 270 valence electrons. The Balaban J connectivity index is 1.53. The van der Waals surface area contributed by atoms with Crippen LogP contribution >= 0.6 is 0 Å². The van der Waals surface area contributed by atoms with Crippen LogP contribution in [0.25, 0.3) is 0 Å². The number of piperidine rings is 1. The zero-order chi connectivity index (χ0) is 36.5. The van der Waals surface area contributed by atoms with Crippen molar-refractivity contribution in [3.05, 3.63) is 78.2 Å². The lowest BCUT2D eigenvalue weighted by molar-refractivity contribution is -0.135. The summed E-state index contributed by atoms with van der Waals surface area (Å²) in [4.78, 5) is 59.9. The monoisotopic (exact) mass is 690 g/mol. The minimum atomic E-state index is -1.43. The molecule has 13 nitrogen and oxygen atoms in total. The van der Waals surface area contributed by atoms with Gasteiger partial charge in [-0.3, -0.25) is 14.4 Å². The lowest BCUT2D eigenvalue weighted by Gasteiger charge is -2.33. The van der Waals surface area contributed by atoms with E-state index in [9.17, 15) is 19.2 Å². The van der Waals surface area contributed by atoms with E-state index in [4.69, 9.17) is 14.2 Å². The highest BCUT2D eigenvalue weighted by Gasteiger charge is 2.35. The fourth-order valence-corrected chi connectivity index (χ4v) is 5.42.